The molecular weight excluding hydrogens is 568 g/mol. The Kier molecular flexibility index (Phi) is 6.77. The van der Waals surface area contributed by atoms with Crippen molar-refractivity contribution in [1.82, 2.24) is 5.43 Å². The van der Waals surface area contributed by atoms with Gasteiger partial charge in [-0.15, -0.1) is 11.3 Å². The third-order valence-electron chi connectivity index (χ3n) is 5.19. The highest BCUT2D eigenvalue weighted by Crippen LogP contribution is 2.37. The molecule has 1 amide bonds. The van der Waals surface area contributed by atoms with Gasteiger partial charge in [0.15, 0.2) is 5.76 Å². The molecule has 36 heavy (non-hydrogen) atoms. The van der Waals surface area contributed by atoms with Gasteiger partial charge in [0.2, 0.25) is 0 Å². The Morgan fingerprint density at radius 2 is 1.83 bits per heavy atom. The molecule has 1 N–H and O–H groups in total. The van der Waals surface area contributed by atoms with E-state index >= 15 is 0 Å². The summed E-state index contributed by atoms with van der Waals surface area (Å²) in [5, 5.41) is 5.88. The molecule has 7 nitrogen and oxygen atoms in total. The van der Waals surface area contributed by atoms with E-state index in [1.807, 2.05) is 24.3 Å². The minimum atomic E-state index is -0.549. The van der Waals surface area contributed by atoms with Gasteiger partial charge >= 0.3 is 11.9 Å². The fraction of sp³-hybridized carbons (Fsp3) is 0.0385. The number of methoxy groups -OCH3 is 1. The minimum Gasteiger partial charge on any atom is -0.497 e. The van der Waals surface area contributed by atoms with Crippen LogP contribution in [-0.2, 0) is 0 Å². The number of hydrazone groups is 1. The molecule has 0 aliphatic heterocycles. The Balaban J connectivity index is 1.22. The van der Waals surface area contributed by atoms with E-state index in [0.717, 1.165) is 19.9 Å². The fourth-order valence-electron chi connectivity index (χ4n) is 3.43. The molecule has 0 fully saturated rings. The number of nitrogens with zero attached hydrogens (tertiary/aromatic N) is 1. The molecule has 5 rings (SSSR count). The predicted octanol–water partition coefficient (Wildman–Crippen LogP) is 7.06. The zero-order valence-corrected chi connectivity index (χ0v) is 21.7. The van der Waals surface area contributed by atoms with Gasteiger partial charge in [0.25, 0.3) is 0 Å². The van der Waals surface area contributed by atoms with Gasteiger partial charge in [0.1, 0.15) is 22.0 Å². The lowest BCUT2D eigenvalue weighted by molar-refractivity contribution is 0.0739. The Morgan fingerprint density at radius 1 is 1.06 bits per heavy atom. The summed E-state index contributed by atoms with van der Waals surface area (Å²) < 4.78 is 18.0. The van der Waals surface area contributed by atoms with Crippen molar-refractivity contribution in [3.63, 3.8) is 0 Å². The summed E-state index contributed by atoms with van der Waals surface area (Å²) in [4.78, 5) is 25.3. The van der Waals surface area contributed by atoms with Crippen LogP contribution in [0, 0.1) is 0 Å². The van der Waals surface area contributed by atoms with Crippen molar-refractivity contribution in [2.45, 2.75) is 0 Å². The molecule has 0 spiro atoms. The van der Waals surface area contributed by atoms with Gasteiger partial charge in [-0.3, -0.25) is 4.79 Å². The number of ether oxygens (including phenoxy) is 2. The van der Waals surface area contributed by atoms with Crippen LogP contribution in [0.4, 0.5) is 0 Å². The number of halogens is 2. The third-order valence-corrected chi connectivity index (χ3v) is 7.32. The number of hydrogen-bond donors (Lipinski definition) is 1. The molecule has 5 aromatic rings. The van der Waals surface area contributed by atoms with Crippen LogP contribution in [0.1, 0.15) is 25.8 Å². The molecule has 0 radical (unpaired) electrons. The van der Waals surface area contributed by atoms with Gasteiger partial charge < -0.3 is 13.9 Å². The second kappa shape index (κ2) is 10.1. The van der Waals surface area contributed by atoms with Crippen molar-refractivity contribution >= 4 is 78.0 Å². The van der Waals surface area contributed by atoms with Crippen LogP contribution < -0.4 is 14.9 Å². The first kappa shape index (κ1) is 24.1. The van der Waals surface area contributed by atoms with E-state index in [0.29, 0.717) is 32.5 Å². The molecule has 2 aromatic heterocycles. The first-order valence-corrected chi connectivity index (χ1v) is 12.5. The number of thiophene rings is 1. The second-order valence-electron chi connectivity index (χ2n) is 7.56. The van der Waals surface area contributed by atoms with Gasteiger partial charge in [-0.05, 0) is 72.3 Å². The van der Waals surface area contributed by atoms with Crippen molar-refractivity contribution in [3.8, 4) is 11.5 Å². The lowest BCUT2D eigenvalue weighted by atomic mass is 10.2. The summed E-state index contributed by atoms with van der Waals surface area (Å²) in [6.07, 6.45) is 1.47. The fourth-order valence-corrected chi connectivity index (χ4v) is 5.22. The van der Waals surface area contributed by atoms with E-state index in [1.54, 1.807) is 49.6 Å². The maximum absolute atomic E-state index is 12.7. The number of nitrogens with one attached hydrogen (secondary N) is 1. The summed E-state index contributed by atoms with van der Waals surface area (Å²) in [5.74, 6) is 0.162. The van der Waals surface area contributed by atoms with Crippen molar-refractivity contribution in [2.24, 2.45) is 5.10 Å². The van der Waals surface area contributed by atoms with E-state index in [9.17, 15) is 9.59 Å². The summed E-state index contributed by atoms with van der Waals surface area (Å²) in [6.45, 7) is 0. The van der Waals surface area contributed by atoms with Crippen LogP contribution in [0.15, 0.2) is 80.7 Å². The average molecular weight is 584 g/mol. The molecule has 10 heteroatoms. The van der Waals surface area contributed by atoms with Crippen molar-refractivity contribution in [2.75, 3.05) is 7.11 Å². The van der Waals surface area contributed by atoms with Crippen molar-refractivity contribution < 1.29 is 23.5 Å². The Bertz CT molecular complexity index is 1640. The third kappa shape index (κ3) is 4.99. The van der Waals surface area contributed by atoms with E-state index < -0.39 is 11.9 Å². The average Bonchev–Trinajstić information content (AvgIpc) is 3.45. The second-order valence-corrected chi connectivity index (χ2v) is 9.90. The van der Waals surface area contributed by atoms with E-state index in [4.69, 9.17) is 25.5 Å². The number of amides is 1. The molecule has 2 heterocycles. The minimum absolute atomic E-state index is 0.154. The number of carbonyl (C=O) groups excluding carboxylic acids is 2. The maximum atomic E-state index is 12.7. The van der Waals surface area contributed by atoms with Gasteiger partial charge in [-0.25, -0.2) is 10.2 Å². The number of furan rings is 1. The molecule has 0 aliphatic carbocycles. The van der Waals surface area contributed by atoms with E-state index in [-0.39, 0.29) is 5.76 Å². The smallest absolute Gasteiger partial charge is 0.355 e. The number of hydrogen-bond acceptors (Lipinski definition) is 7. The molecule has 0 aliphatic rings. The van der Waals surface area contributed by atoms with E-state index in [2.05, 4.69) is 26.5 Å². The van der Waals surface area contributed by atoms with Gasteiger partial charge in [0.05, 0.1) is 18.3 Å². The summed E-state index contributed by atoms with van der Waals surface area (Å²) in [7, 11) is 1.58. The molecule has 0 saturated carbocycles. The Labute approximate surface area is 222 Å². The monoisotopic (exact) mass is 582 g/mol. The van der Waals surface area contributed by atoms with Crippen LogP contribution in [0.25, 0.3) is 21.1 Å². The quantitative estimate of drug-likeness (QED) is 0.100. The molecule has 3 aromatic carbocycles. The molecule has 0 unspecified atom stereocenters. The molecule has 0 saturated heterocycles. The normalized spacial score (nSPS) is 11.3. The highest BCUT2D eigenvalue weighted by molar-refractivity contribution is 9.10. The first-order valence-electron chi connectivity index (χ1n) is 10.5. The van der Waals surface area contributed by atoms with Gasteiger partial charge in [0, 0.05) is 19.9 Å². The topological polar surface area (TPSA) is 90.1 Å². The van der Waals surface area contributed by atoms with Gasteiger partial charge in [-0.2, -0.15) is 5.10 Å². The molecule has 0 bridgehead atoms. The molecule has 180 valence electrons. The zero-order valence-electron chi connectivity index (χ0n) is 18.6. The summed E-state index contributed by atoms with van der Waals surface area (Å²) in [5.41, 5.74) is 3.73. The van der Waals surface area contributed by atoms with Gasteiger partial charge in [-0.1, -0.05) is 27.5 Å². The summed E-state index contributed by atoms with van der Waals surface area (Å²) >= 11 is 11.0. The number of esters is 1. The lowest BCUT2D eigenvalue weighted by Gasteiger charge is -2.03. The maximum Gasteiger partial charge on any atom is 0.355 e. The van der Waals surface area contributed by atoms with Crippen LogP contribution in [0.2, 0.25) is 5.02 Å². The van der Waals surface area contributed by atoms with Crippen LogP contribution >= 0.6 is 38.9 Å². The Morgan fingerprint density at radius 3 is 2.61 bits per heavy atom. The van der Waals surface area contributed by atoms with Crippen LogP contribution in [0.3, 0.4) is 0 Å². The number of fused-ring (bicyclic) bond motifs is 2. The number of carbonyl (C=O) groups is 2. The standard InChI is InChI=1S/C26H16BrClN2O5S/c1-33-18-7-8-19-22(12-18)36-24(23(19)28)26(32)34-17-5-2-14(3-6-17)13-29-30-25(31)21-11-15-10-16(27)4-9-20(15)35-21/h2-13H,1H3,(H,30,31)/b29-13+. The van der Waals surface area contributed by atoms with Crippen LogP contribution in [-0.4, -0.2) is 25.2 Å². The Hall–Kier alpha value is -3.66. The highest BCUT2D eigenvalue weighted by atomic mass is 79.9. The number of rotatable bonds is 6. The zero-order chi connectivity index (χ0) is 25.2. The molecule has 0 atom stereocenters. The van der Waals surface area contributed by atoms with Crippen LogP contribution in [0.5, 0.6) is 11.5 Å². The highest BCUT2D eigenvalue weighted by Gasteiger charge is 2.19. The predicted molar refractivity (Wildman–Crippen MR) is 144 cm³/mol. The van der Waals surface area contributed by atoms with E-state index in [1.165, 1.54) is 17.6 Å². The van der Waals surface area contributed by atoms with Crippen molar-refractivity contribution in [3.05, 3.63) is 92.4 Å². The number of benzene rings is 3. The SMILES string of the molecule is COc1ccc2c(Cl)c(C(=O)Oc3ccc(/C=N/NC(=O)c4cc5cc(Br)ccc5o4)cc3)sc2c1. The summed E-state index contributed by atoms with van der Waals surface area (Å²) in [6, 6.07) is 19.2. The van der Waals surface area contributed by atoms with Crippen molar-refractivity contribution in [1.29, 1.82) is 0 Å². The molecular formula is C26H16BrClN2O5S. The first-order chi connectivity index (χ1) is 17.4. The largest absolute Gasteiger partial charge is 0.497 e. The lowest BCUT2D eigenvalue weighted by Crippen LogP contribution is -2.16.